The molecule has 26 heavy (non-hydrogen) atoms. The number of hydrogen-bond acceptors (Lipinski definition) is 4. The monoisotopic (exact) mass is 366 g/mol. The standard InChI is InChI=1S/C18H15ClN6O/c1-11-13-9-12(10-20-17(13)24(2)22-11)21-18(26)15-7-8-25(23-15)16-6-4-3-5-14(16)19/h3-10H,1-2H3,(H,21,26). The highest BCUT2D eigenvalue weighted by Crippen LogP contribution is 2.21. The first-order valence-electron chi connectivity index (χ1n) is 7.94. The van der Waals surface area contributed by atoms with Crippen LogP contribution in [0.5, 0.6) is 0 Å². The number of nitrogens with zero attached hydrogens (tertiary/aromatic N) is 5. The van der Waals surface area contributed by atoms with E-state index in [1.165, 1.54) is 0 Å². The lowest BCUT2D eigenvalue weighted by atomic mass is 10.2. The fourth-order valence-corrected chi connectivity index (χ4v) is 3.01. The average Bonchev–Trinajstić information content (AvgIpc) is 3.21. The van der Waals surface area contributed by atoms with E-state index >= 15 is 0 Å². The summed E-state index contributed by atoms with van der Waals surface area (Å²) in [5.41, 5.74) is 3.21. The Balaban J connectivity index is 1.59. The molecule has 0 spiro atoms. The van der Waals surface area contributed by atoms with E-state index in [1.807, 2.05) is 38.2 Å². The number of hydrogen-bond donors (Lipinski definition) is 1. The minimum absolute atomic E-state index is 0.285. The van der Waals surface area contributed by atoms with Gasteiger partial charge in [-0.3, -0.25) is 9.48 Å². The molecule has 0 saturated carbocycles. The summed E-state index contributed by atoms with van der Waals surface area (Å²) in [7, 11) is 1.84. The lowest BCUT2D eigenvalue weighted by Gasteiger charge is -2.04. The Labute approximate surface area is 154 Å². The summed E-state index contributed by atoms with van der Waals surface area (Å²) in [4.78, 5) is 16.9. The first kappa shape index (κ1) is 16.3. The minimum Gasteiger partial charge on any atom is -0.319 e. The number of anilines is 1. The van der Waals surface area contributed by atoms with Gasteiger partial charge in [0.2, 0.25) is 0 Å². The quantitative estimate of drug-likeness (QED) is 0.603. The predicted octanol–water partition coefficient (Wildman–Crippen LogP) is 3.37. The Hall–Kier alpha value is -3.19. The SMILES string of the molecule is Cc1nn(C)c2ncc(NC(=O)c3ccn(-c4ccccc4Cl)n3)cc12. The van der Waals surface area contributed by atoms with Crippen LogP contribution in [0, 0.1) is 6.92 Å². The van der Waals surface area contributed by atoms with Crippen molar-refractivity contribution in [2.75, 3.05) is 5.32 Å². The summed E-state index contributed by atoms with van der Waals surface area (Å²) in [5, 5.41) is 12.9. The zero-order chi connectivity index (χ0) is 18.3. The van der Waals surface area contributed by atoms with Gasteiger partial charge in [0.25, 0.3) is 5.91 Å². The minimum atomic E-state index is -0.321. The molecule has 0 aliphatic heterocycles. The maximum atomic E-state index is 12.5. The molecule has 0 radical (unpaired) electrons. The Morgan fingerprint density at radius 2 is 2.00 bits per heavy atom. The molecule has 1 N–H and O–H groups in total. The van der Waals surface area contributed by atoms with Gasteiger partial charge in [0.05, 0.1) is 28.3 Å². The van der Waals surface area contributed by atoms with Crippen molar-refractivity contribution in [3.8, 4) is 5.69 Å². The lowest BCUT2D eigenvalue weighted by Crippen LogP contribution is -2.13. The number of aryl methyl sites for hydroxylation is 2. The van der Waals surface area contributed by atoms with Gasteiger partial charge in [-0.25, -0.2) is 9.67 Å². The molecule has 0 saturated heterocycles. The molecule has 0 bridgehead atoms. The Morgan fingerprint density at radius 1 is 1.19 bits per heavy atom. The van der Waals surface area contributed by atoms with E-state index in [9.17, 15) is 4.79 Å². The third-order valence-corrected chi connectivity index (χ3v) is 4.36. The summed E-state index contributed by atoms with van der Waals surface area (Å²) in [5.74, 6) is -0.321. The molecule has 0 unspecified atom stereocenters. The number of benzene rings is 1. The van der Waals surface area contributed by atoms with Crippen LogP contribution in [-0.4, -0.2) is 30.5 Å². The summed E-state index contributed by atoms with van der Waals surface area (Å²) >= 11 is 6.17. The third-order valence-electron chi connectivity index (χ3n) is 4.04. The number of halogens is 1. The number of rotatable bonds is 3. The predicted molar refractivity (Wildman–Crippen MR) is 99.8 cm³/mol. The molecule has 3 aromatic heterocycles. The fraction of sp³-hybridized carbons (Fsp3) is 0.111. The molecular formula is C18H15ClN6O. The molecule has 4 rings (SSSR count). The summed E-state index contributed by atoms with van der Waals surface area (Å²) in [6.45, 7) is 1.90. The van der Waals surface area contributed by atoms with Crippen LogP contribution in [0.25, 0.3) is 16.7 Å². The van der Waals surface area contributed by atoms with Gasteiger partial charge in [-0.05, 0) is 31.2 Å². The second kappa shape index (κ2) is 6.27. The molecule has 0 aliphatic carbocycles. The first-order chi connectivity index (χ1) is 12.5. The van der Waals surface area contributed by atoms with Crippen LogP contribution in [0.2, 0.25) is 5.02 Å². The highest BCUT2D eigenvalue weighted by atomic mass is 35.5. The molecule has 7 nitrogen and oxygen atoms in total. The van der Waals surface area contributed by atoms with Crippen LogP contribution in [0.3, 0.4) is 0 Å². The van der Waals surface area contributed by atoms with E-state index in [-0.39, 0.29) is 11.6 Å². The highest BCUT2D eigenvalue weighted by molar-refractivity contribution is 6.32. The number of carbonyl (C=O) groups is 1. The lowest BCUT2D eigenvalue weighted by molar-refractivity contribution is 0.102. The Kier molecular flexibility index (Phi) is 3.93. The maximum Gasteiger partial charge on any atom is 0.276 e. The van der Waals surface area contributed by atoms with Crippen LogP contribution in [0.1, 0.15) is 16.2 Å². The Morgan fingerprint density at radius 3 is 2.81 bits per heavy atom. The van der Waals surface area contributed by atoms with Crippen LogP contribution >= 0.6 is 11.6 Å². The van der Waals surface area contributed by atoms with Gasteiger partial charge in [-0.15, -0.1) is 0 Å². The van der Waals surface area contributed by atoms with Crippen molar-refractivity contribution >= 4 is 34.2 Å². The number of nitrogens with one attached hydrogen (secondary N) is 1. The maximum absolute atomic E-state index is 12.5. The third kappa shape index (κ3) is 2.82. The highest BCUT2D eigenvalue weighted by Gasteiger charge is 2.13. The van der Waals surface area contributed by atoms with E-state index in [0.29, 0.717) is 16.4 Å². The summed E-state index contributed by atoms with van der Waals surface area (Å²) < 4.78 is 3.28. The van der Waals surface area contributed by atoms with Crippen molar-refractivity contribution in [3.05, 3.63) is 65.2 Å². The number of carbonyl (C=O) groups excluding carboxylic acids is 1. The van der Waals surface area contributed by atoms with Gasteiger partial charge in [-0.1, -0.05) is 23.7 Å². The molecule has 3 heterocycles. The molecule has 1 amide bonds. The second-order valence-electron chi connectivity index (χ2n) is 5.86. The van der Waals surface area contributed by atoms with Gasteiger partial charge < -0.3 is 5.32 Å². The number of pyridine rings is 1. The van der Waals surface area contributed by atoms with E-state index in [4.69, 9.17) is 11.6 Å². The van der Waals surface area contributed by atoms with Gasteiger partial charge >= 0.3 is 0 Å². The molecule has 4 aromatic rings. The van der Waals surface area contributed by atoms with Crippen LogP contribution in [0.15, 0.2) is 48.8 Å². The van der Waals surface area contributed by atoms with Crippen molar-refractivity contribution in [2.24, 2.45) is 7.05 Å². The van der Waals surface area contributed by atoms with E-state index in [2.05, 4.69) is 20.5 Å². The Bertz CT molecular complexity index is 1130. The van der Waals surface area contributed by atoms with Crippen molar-refractivity contribution in [1.29, 1.82) is 0 Å². The number of aromatic nitrogens is 5. The van der Waals surface area contributed by atoms with E-state index < -0.39 is 0 Å². The normalized spacial score (nSPS) is 11.0. The summed E-state index contributed by atoms with van der Waals surface area (Å²) in [6.07, 6.45) is 3.30. The zero-order valence-electron chi connectivity index (χ0n) is 14.1. The number of para-hydroxylation sites is 1. The zero-order valence-corrected chi connectivity index (χ0v) is 14.9. The van der Waals surface area contributed by atoms with Crippen LogP contribution in [-0.2, 0) is 7.05 Å². The topological polar surface area (TPSA) is 77.6 Å². The average molecular weight is 367 g/mol. The molecule has 1 aromatic carbocycles. The van der Waals surface area contributed by atoms with Crippen LogP contribution in [0.4, 0.5) is 5.69 Å². The molecule has 0 aliphatic rings. The number of fused-ring (bicyclic) bond motifs is 1. The van der Waals surface area contributed by atoms with Gasteiger partial charge in [0, 0.05) is 18.6 Å². The van der Waals surface area contributed by atoms with Gasteiger partial charge in [0.1, 0.15) is 0 Å². The molecule has 8 heteroatoms. The van der Waals surface area contributed by atoms with Crippen LogP contribution < -0.4 is 5.32 Å². The fourth-order valence-electron chi connectivity index (χ4n) is 2.79. The van der Waals surface area contributed by atoms with Gasteiger partial charge in [0.15, 0.2) is 11.3 Å². The second-order valence-corrected chi connectivity index (χ2v) is 6.26. The summed E-state index contributed by atoms with van der Waals surface area (Å²) in [6, 6.07) is 10.8. The van der Waals surface area contributed by atoms with Crippen molar-refractivity contribution in [1.82, 2.24) is 24.5 Å². The molecule has 130 valence electrons. The van der Waals surface area contributed by atoms with Crippen molar-refractivity contribution in [2.45, 2.75) is 6.92 Å². The largest absolute Gasteiger partial charge is 0.319 e. The number of amides is 1. The molecular weight excluding hydrogens is 352 g/mol. The van der Waals surface area contributed by atoms with E-state index in [1.54, 1.807) is 33.9 Å². The van der Waals surface area contributed by atoms with E-state index in [0.717, 1.165) is 16.7 Å². The van der Waals surface area contributed by atoms with Gasteiger partial charge in [-0.2, -0.15) is 10.2 Å². The van der Waals surface area contributed by atoms with Crippen molar-refractivity contribution in [3.63, 3.8) is 0 Å². The molecule has 0 fully saturated rings. The van der Waals surface area contributed by atoms with Crippen molar-refractivity contribution < 1.29 is 4.79 Å². The first-order valence-corrected chi connectivity index (χ1v) is 8.32. The molecule has 0 atom stereocenters. The smallest absolute Gasteiger partial charge is 0.276 e.